The Hall–Kier alpha value is -1.75. The molecule has 0 amide bonds. The van der Waals surface area contributed by atoms with Gasteiger partial charge in [-0.1, -0.05) is 19.1 Å². The van der Waals surface area contributed by atoms with Gasteiger partial charge in [0.1, 0.15) is 12.4 Å². The second kappa shape index (κ2) is 10.2. The minimum Gasteiger partial charge on any atom is -0.491 e. The highest BCUT2D eigenvalue weighted by Crippen LogP contribution is 2.23. The summed E-state index contributed by atoms with van der Waals surface area (Å²) in [7, 11) is 3.50. The van der Waals surface area contributed by atoms with E-state index in [0.29, 0.717) is 19.3 Å². The zero-order valence-corrected chi connectivity index (χ0v) is 15.2. The van der Waals surface area contributed by atoms with E-state index in [2.05, 4.69) is 34.7 Å². The summed E-state index contributed by atoms with van der Waals surface area (Å²) in [6.07, 6.45) is 5.06. The van der Waals surface area contributed by atoms with Crippen LogP contribution in [0.15, 0.2) is 29.3 Å². The van der Waals surface area contributed by atoms with Crippen molar-refractivity contribution >= 4 is 5.96 Å². The third kappa shape index (κ3) is 6.40. The fraction of sp³-hybridized carbons (Fsp3) is 0.632. The molecule has 24 heavy (non-hydrogen) atoms. The number of guanidine groups is 1. The molecule has 0 radical (unpaired) electrons. The van der Waals surface area contributed by atoms with E-state index >= 15 is 0 Å². The maximum absolute atomic E-state index is 5.65. The summed E-state index contributed by atoms with van der Waals surface area (Å²) < 4.78 is 10.7. The quantitative estimate of drug-likeness (QED) is 0.458. The number of hydrogen-bond acceptors (Lipinski definition) is 3. The molecule has 0 aromatic heterocycles. The standard InChI is InChI=1S/C19H31N3O2/c1-15-7-9-17(10-8-15)22-19(20-2)21-14-16-5-4-6-18(13-16)24-12-11-23-3/h4-6,13,15,17H,7-12,14H2,1-3H3,(H2,20,21,22). The molecule has 1 aromatic carbocycles. The summed E-state index contributed by atoms with van der Waals surface area (Å²) in [5.74, 6) is 2.61. The maximum atomic E-state index is 5.65. The van der Waals surface area contributed by atoms with Crippen molar-refractivity contribution < 1.29 is 9.47 Å². The van der Waals surface area contributed by atoms with Crippen molar-refractivity contribution in [2.24, 2.45) is 10.9 Å². The van der Waals surface area contributed by atoms with Crippen molar-refractivity contribution in [3.63, 3.8) is 0 Å². The Morgan fingerprint density at radius 2 is 2.00 bits per heavy atom. The summed E-state index contributed by atoms with van der Waals surface area (Å²) >= 11 is 0. The molecule has 0 spiro atoms. The SMILES string of the molecule is CN=C(NCc1cccc(OCCOC)c1)NC1CCC(C)CC1. The van der Waals surface area contributed by atoms with Crippen molar-refractivity contribution in [1.29, 1.82) is 0 Å². The topological polar surface area (TPSA) is 54.9 Å². The van der Waals surface area contributed by atoms with Gasteiger partial charge in [-0.3, -0.25) is 4.99 Å². The Morgan fingerprint density at radius 3 is 2.71 bits per heavy atom. The minimum absolute atomic E-state index is 0.538. The van der Waals surface area contributed by atoms with E-state index in [1.807, 2.05) is 19.2 Å². The monoisotopic (exact) mass is 333 g/mol. The molecule has 134 valence electrons. The van der Waals surface area contributed by atoms with Crippen LogP contribution in [0.25, 0.3) is 0 Å². The van der Waals surface area contributed by atoms with Gasteiger partial charge in [-0.15, -0.1) is 0 Å². The number of benzene rings is 1. The molecule has 2 N–H and O–H groups in total. The minimum atomic E-state index is 0.538. The lowest BCUT2D eigenvalue weighted by molar-refractivity contribution is 0.146. The van der Waals surface area contributed by atoms with Crippen LogP contribution in [0.2, 0.25) is 0 Å². The van der Waals surface area contributed by atoms with Crippen molar-refractivity contribution in [1.82, 2.24) is 10.6 Å². The number of rotatable bonds is 7. The molecular formula is C19H31N3O2. The zero-order valence-electron chi connectivity index (χ0n) is 15.2. The van der Waals surface area contributed by atoms with E-state index in [0.717, 1.165) is 24.2 Å². The summed E-state index contributed by atoms with van der Waals surface area (Å²) in [6.45, 7) is 4.23. The smallest absolute Gasteiger partial charge is 0.191 e. The fourth-order valence-electron chi connectivity index (χ4n) is 2.97. The van der Waals surface area contributed by atoms with Gasteiger partial charge in [-0.2, -0.15) is 0 Å². The molecule has 0 atom stereocenters. The van der Waals surface area contributed by atoms with E-state index in [4.69, 9.17) is 9.47 Å². The van der Waals surface area contributed by atoms with Gasteiger partial charge in [0, 0.05) is 26.7 Å². The third-order valence-electron chi connectivity index (χ3n) is 4.49. The molecule has 0 unspecified atom stereocenters. The Balaban J connectivity index is 1.79. The van der Waals surface area contributed by atoms with E-state index < -0.39 is 0 Å². The van der Waals surface area contributed by atoms with Crippen LogP contribution in [-0.2, 0) is 11.3 Å². The average Bonchev–Trinajstić information content (AvgIpc) is 2.61. The third-order valence-corrected chi connectivity index (χ3v) is 4.49. The van der Waals surface area contributed by atoms with Gasteiger partial charge in [-0.05, 0) is 49.3 Å². The Morgan fingerprint density at radius 1 is 1.21 bits per heavy atom. The van der Waals surface area contributed by atoms with Crippen LogP contribution in [-0.4, -0.2) is 39.4 Å². The van der Waals surface area contributed by atoms with Gasteiger partial charge in [0.05, 0.1) is 6.61 Å². The second-order valence-corrected chi connectivity index (χ2v) is 6.52. The first-order chi connectivity index (χ1) is 11.7. The molecule has 1 aliphatic carbocycles. The molecule has 0 bridgehead atoms. The molecule has 1 fully saturated rings. The van der Waals surface area contributed by atoms with Gasteiger partial charge in [0.2, 0.25) is 0 Å². The normalized spacial score (nSPS) is 21.4. The second-order valence-electron chi connectivity index (χ2n) is 6.52. The molecule has 5 heteroatoms. The highest BCUT2D eigenvalue weighted by molar-refractivity contribution is 5.79. The first-order valence-electron chi connectivity index (χ1n) is 8.89. The van der Waals surface area contributed by atoms with E-state index in [1.54, 1.807) is 7.11 Å². The number of hydrogen-bond donors (Lipinski definition) is 2. The largest absolute Gasteiger partial charge is 0.491 e. The lowest BCUT2D eigenvalue weighted by Gasteiger charge is -2.28. The molecule has 0 aliphatic heterocycles. The van der Waals surface area contributed by atoms with Crippen LogP contribution in [0.5, 0.6) is 5.75 Å². The van der Waals surface area contributed by atoms with Crippen LogP contribution in [0, 0.1) is 5.92 Å². The predicted octanol–water partition coefficient (Wildman–Crippen LogP) is 2.96. The predicted molar refractivity (Wildman–Crippen MR) is 98.6 cm³/mol. The van der Waals surface area contributed by atoms with Gasteiger partial charge in [0.25, 0.3) is 0 Å². The molecular weight excluding hydrogens is 302 g/mol. The van der Waals surface area contributed by atoms with Crippen LogP contribution < -0.4 is 15.4 Å². The molecule has 2 rings (SSSR count). The first kappa shape index (κ1) is 18.6. The van der Waals surface area contributed by atoms with Gasteiger partial charge in [-0.25, -0.2) is 0 Å². The summed E-state index contributed by atoms with van der Waals surface area (Å²) in [5.41, 5.74) is 1.17. The van der Waals surface area contributed by atoms with Gasteiger partial charge in [0.15, 0.2) is 5.96 Å². The van der Waals surface area contributed by atoms with E-state index in [9.17, 15) is 0 Å². The summed E-state index contributed by atoms with van der Waals surface area (Å²) in [6, 6.07) is 8.66. The fourth-order valence-corrected chi connectivity index (χ4v) is 2.97. The lowest BCUT2D eigenvalue weighted by atomic mass is 9.87. The molecule has 1 saturated carbocycles. The highest BCUT2D eigenvalue weighted by atomic mass is 16.5. The van der Waals surface area contributed by atoms with Crippen LogP contribution >= 0.6 is 0 Å². The number of nitrogens with one attached hydrogen (secondary N) is 2. The van der Waals surface area contributed by atoms with Crippen LogP contribution in [0.3, 0.4) is 0 Å². The molecule has 0 saturated heterocycles. The number of aliphatic imine (C=N–C) groups is 1. The summed E-state index contributed by atoms with van der Waals surface area (Å²) in [5, 5.41) is 6.94. The van der Waals surface area contributed by atoms with Crippen LogP contribution in [0.4, 0.5) is 0 Å². The first-order valence-corrected chi connectivity index (χ1v) is 8.89. The van der Waals surface area contributed by atoms with Crippen molar-refractivity contribution in [2.45, 2.75) is 45.2 Å². The molecule has 5 nitrogen and oxygen atoms in total. The summed E-state index contributed by atoms with van der Waals surface area (Å²) in [4.78, 5) is 4.35. The maximum Gasteiger partial charge on any atom is 0.191 e. The van der Waals surface area contributed by atoms with Gasteiger partial charge >= 0.3 is 0 Å². The highest BCUT2D eigenvalue weighted by Gasteiger charge is 2.18. The van der Waals surface area contributed by atoms with Crippen molar-refractivity contribution in [3.8, 4) is 5.75 Å². The lowest BCUT2D eigenvalue weighted by Crippen LogP contribution is -2.44. The number of methoxy groups -OCH3 is 1. The Kier molecular flexibility index (Phi) is 7.89. The van der Waals surface area contributed by atoms with Gasteiger partial charge < -0.3 is 20.1 Å². The Labute approximate surface area is 145 Å². The average molecular weight is 333 g/mol. The van der Waals surface area contributed by atoms with Crippen LogP contribution in [0.1, 0.15) is 38.2 Å². The van der Waals surface area contributed by atoms with E-state index in [-0.39, 0.29) is 0 Å². The zero-order chi connectivity index (χ0) is 17.2. The number of ether oxygens (including phenoxy) is 2. The van der Waals surface area contributed by atoms with Crippen molar-refractivity contribution in [2.75, 3.05) is 27.4 Å². The van der Waals surface area contributed by atoms with Crippen molar-refractivity contribution in [3.05, 3.63) is 29.8 Å². The molecule has 1 aromatic rings. The Bertz CT molecular complexity index is 511. The van der Waals surface area contributed by atoms with E-state index in [1.165, 1.54) is 31.2 Å². The molecule has 0 heterocycles. The molecule has 1 aliphatic rings. The number of nitrogens with zero attached hydrogens (tertiary/aromatic N) is 1.